The van der Waals surface area contributed by atoms with Crippen molar-refractivity contribution in [1.82, 2.24) is 0 Å². The van der Waals surface area contributed by atoms with Crippen molar-refractivity contribution in [3.8, 4) is 11.5 Å². The molecule has 0 bridgehead atoms. The second-order valence-corrected chi connectivity index (χ2v) is 2.66. The van der Waals surface area contributed by atoms with E-state index in [9.17, 15) is 9.50 Å². The summed E-state index contributed by atoms with van der Waals surface area (Å²) in [5.41, 5.74) is 5.73. The van der Waals surface area contributed by atoms with Gasteiger partial charge in [0, 0.05) is 12.1 Å². The minimum absolute atomic E-state index is 0.149. The Kier molecular flexibility index (Phi) is 3.48. The molecule has 3 N–H and O–H groups in total. The molecule has 14 heavy (non-hydrogen) atoms. The lowest BCUT2D eigenvalue weighted by molar-refractivity contribution is 0.351. The molecule has 0 atom stereocenters. The molecule has 0 saturated heterocycles. The van der Waals surface area contributed by atoms with E-state index in [0.29, 0.717) is 12.1 Å². The first-order valence-corrected chi connectivity index (χ1v) is 4.12. The maximum Gasteiger partial charge on any atom is 0.197 e. The molecule has 0 fully saturated rings. The van der Waals surface area contributed by atoms with Gasteiger partial charge in [0.2, 0.25) is 0 Å². The van der Waals surface area contributed by atoms with E-state index in [-0.39, 0.29) is 11.5 Å². The minimum Gasteiger partial charge on any atom is -0.504 e. The van der Waals surface area contributed by atoms with Crippen LogP contribution in [-0.2, 0) is 0 Å². The molecule has 0 saturated carbocycles. The summed E-state index contributed by atoms with van der Waals surface area (Å²) in [6.45, 7) is 0.360. The summed E-state index contributed by atoms with van der Waals surface area (Å²) in [6.07, 6.45) is 3.27. The number of methoxy groups -OCH3 is 1. The van der Waals surface area contributed by atoms with Crippen molar-refractivity contribution in [3.05, 3.63) is 29.6 Å². The largest absolute Gasteiger partial charge is 0.504 e. The van der Waals surface area contributed by atoms with Gasteiger partial charge in [0.1, 0.15) is 0 Å². The molecule has 0 heterocycles. The molecule has 1 aromatic rings. The summed E-state index contributed by atoms with van der Waals surface area (Å²) in [5.74, 6) is -0.948. The van der Waals surface area contributed by atoms with Gasteiger partial charge in [-0.3, -0.25) is 0 Å². The summed E-state index contributed by atoms with van der Waals surface area (Å²) in [5, 5.41) is 9.54. The van der Waals surface area contributed by atoms with E-state index in [1.165, 1.54) is 19.2 Å². The maximum absolute atomic E-state index is 13.0. The van der Waals surface area contributed by atoms with Gasteiger partial charge in [-0.2, -0.15) is 0 Å². The number of ether oxygens (including phenoxy) is 1. The number of rotatable bonds is 3. The molecule has 0 unspecified atom stereocenters. The first kappa shape index (κ1) is 10.5. The second-order valence-electron chi connectivity index (χ2n) is 2.66. The van der Waals surface area contributed by atoms with Gasteiger partial charge in [-0.15, -0.1) is 0 Å². The Balaban J connectivity index is 3.14. The maximum atomic E-state index is 13.0. The van der Waals surface area contributed by atoms with Crippen LogP contribution in [0.4, 0.5) is 4.39 Å². The fraction of sp³-hybridized carbons (Fsp3) is 0.200. The molecule has 4 heteroatoms. The van der Waals surface area contributed by atoms with Gasteiger partial charge in [0.05, 0.1) is 7.11 Å². The molecule has 0 spiro atoms. The molecule has 1 rings (SSSR count). The Morgan fingerprint density at radius 2 is 2.29 bits per heavy atom. The summed E-state index contributed by atoms with van der Waals surface area (Å²) >= 11 is 0. The second kappa shape index (κ2) is 4.62. The highest BCUT2D eigenvalue weighted by atomic mass is 19.1. The van der Waals surface area contributed by atoms with Gasteiger partial charge < -0.3 is 15.6 Å². The van der Waals surface area contributed by atoms with E-state index in [1.807, 2.05) is 0 Å². The van der Waals surface area contributed by atoms with Crippen LogP contribution >= 0.6 is 0 Å². The monoisotopic (exact) mass is 197 g/mol. The van der Waals surface area contributed by atoms with Crippen molar-refractivity contribution < 1.29 is 14.2 Å². The lowest BCUT2D eigenvalue weighted by atomic mass is 10.1. The van der Waals surface area contributed by atoms with Gasteiger partial charge in [-0.1, -0.05) is 12.2 Å². The van der Waals surface area contributed by atoms with Gasteiger partial charge in [-0.25, -0.2) is 4.39 Å². The summed E-state index contributed by atoms with van der Waals surface area (Å²) in [4.78, 5) is 0. The number of halogens is 1. The average Bonchev–Trinajstić information content (AvgIpc) is 2.18. The third kappa shape index (κ3) is 2.03. The SMILES string of the molecule is COc1c(F)ccc(/C=C/CN)c1O. The van der Waals surface area contributed by atoms with Crippen LogP contribution in [0.25, 0.3) is 6.08 Å². The van der Waals surface area contributed by atoms with E-state index in [1.54, 1.807) is 12.2 Å². The van der Waals surface area contributed by atoms with Crippen molar-refractivity contribution >= 4 is 6.08 Å². The van der Waals surface area contributed by atoms with E-state index in [0.717, 1.165) is 0 Å². The average molecular weight is 197 g/mol. The van der Waals surface area contributed by atoms with Gasteiger partial charge in [0.25, 0.3) is 0 Å². The number of hydrogen-bond donors (Lipinski definition) is 2. The van der Waals surface area contributed by atoms with Crippen molar-refractivity contribution in [2.24, 2.45) is 5.73 Å². The Morgan fingerprint density at radius 1 is 1.57 bits per heavy atom. The number of benzene rings is 1. The number of aromatic hydroxyl groups is 1. The van der Waals surface area contributed by atoms with Crippen LogP contribution in [0.5, 0.6) is 11.5 Å². The molecule has 0 aromatic heterocycles. The minimum atomic E-state index is -0.588. The van der Waals surface area contributed by atoms with Gasteiger partial charge >= 0.3 is 0 Å². The number of nitrogens with two attached hydrogens (primary N) is 1. The van der Waals surface area contributed by atoms with Gasteiger partial charge in [0.15, 0.2) is 17.3 Å². The van der Waals surface area contributed by atoms with Crippen molar-refractivity contribution in [1.29, 1.82) is 0 Å². The quantitative estimate of drug-likeness (QED) is 0.772. The Hall–Kier alpha value is -1.55. The van der Waals surface area contributed by atoms with Crippen LogP contribution in [0.1, 0.15) is 5.56 Å². The highest BCUT2D eigenvalue weighted by molar-refractivity contribution is 5.62. The molecule has 0 aliphatic rings. The Labute approximate surface area is 81.6 Å². The van der Waals surface area contributed by atoms with Crippen molar-refractivity contribution in [3.63, 3.8) is 0 Å². The molecule has 1 aromatic carbocycles. The van der Waals surface area contributed by atoms with Crippen LogP contribution in [0.2, 0.25) is 0 Å². The number of hydrogen-bond acceptors (Lipinski definition) is 3. The summed E-state index contributed by atoms with van der Waals surface area (Å²) in [7, 11) is 1.30. The van der Waals surface area contributed by atoms with Crippen LogP contribution in [0.3, 0.4) is 0 Å². The van der Waals surface area contributed by atoms with E-state index in [4.69, 9.17) is 10.5 Å². The lowest BCUT2D eigenvalue weighted by Crippen LogP contribution is -1.93. The molecular formula is C10H12FNO2. The lowest BCUT2D eigenvalue weighted by Gasteiger charge is -2.06. The highest BCUT2D eigenvalue weighted by Gasteiger charge is 2.10. The molecule has 76 valence electrons. The summed E-state index contributed by atoms with van der Waals surface area (Å²) < 4.78 is 17.7. The smallest absolute Gasteiger partial charge is 0.197 e. The predicted octanol–water partition coefficient (Wildman–Crippen LogP) is 1.51. The first-order valence-electron chi connectivity index (χ1n) is 4.12. The van der Waals surface area contributed by atoms with E-state index in [2.05, 4.69) is 0 Å². The van der Waals surface area contributed by atoms with Crippen LogP contribution < -0.4 is 10.5 Å². The summed E-state index contributed by atoms with van der Waals surface area (Å²) in [6, 6.07) is 2.69. The fourth-order valence-electron chi connectivity index (χ4n) is 1.09. The van der Waals surface area contributed by atoms with Crippen LogP contribution in [0, 0.1) is 5.82 Å². The Morgan fingerprint density at radius 3 is 2.86 bits per heavy atom. The topological polar surface area (TPSA) is 55.5 Å². The van der Waals surface area contributed by atoms with Gasteiger partial charge in [-0.05, 0) is 12.1 Å². The first-order chi connectivity index (χ1) is 6.70. The fourth-order valence-corrected chi connectivity index (χ4v) is 1.09. The van der Waals surface area contributed by atoms with E-state index >= 15 is 0 Å². The van der Waals surface area contributed by atoms with Crippen molar-refractivity contribution in [2.45, 2.75) is 0 Å². The van der Waals surface area contributed by atoms with Crippen LogP contribution in [-0.4, -0.2) is 18.8 Å². The molecule has 3 nitrogen and oxygen atoms in total. The molecule has 0 aliphatic carbocycles. The van der Waals surface area contributed by atoms with E-state index < -0.39 is 5.82 Å². The van der Waals surface area contributed by atoms with Crippen molar-refractivity contribution in [2.75, 3.05) is 13.7 Å². The normalized spacial score (nSPS) is 10.8. The highest BCUT2D eigenvalue weighted by Crippen LogP contribution is 2.33. The zero-order valence-electron chi connectivity index (χ0n) is 7.83. The molecule has 0 aliphatic heterocycles. The zero-order valence-corrected chi connectivity index (χ0v) is 7.83. The van der Waals surface area contributed by atoms with Crippen LogP contribution in [0.15, 0.2) is 18.2 Å². The molecular weight excluding hydrogens is 185 g/mol. The molecule has 0 radical (unpaired) electrons. The third-order valence-corrected chi connectivity index (χ3v) is 1.75. The third-order valence-electron chi connectivity index (χ3n) is 1.75. The number of phenols is 1. The standard InChI is InChI=1S/C10H12FNO2/c1-14-10-8(11)5-4-7(9(10)13)3-2-6-12/h2-5,13H,6,12H2,1H3/b3-2+. The zero-order chi connectivity index (χ0) is 10.6. The molecule has 0 amide bonds. The Bertz CT molecular complexity index is 350. The predicted molar refractivity (Wildman–Crippen MR) is 52.7 cm³/mol. The number of phenolic OH excluding ortho intramolecular Hbond substituents is 1.